The zero-order valence-corrected chi connectivity index (χ0v) is 23.3. The van der Waals surface area contributed by atoms with Gasteiger partial charge in [0.25, 0.3) is 0 Å². The molecule has 0 aromatic heterocycles. The molecular formula is C29H50O2Si. The van der Waals surface area contributed by atoms with Crippen LogP contribution in [0.2, 0.25) is 18.1 Å². The van der Waals surface area contributed by atoms with Crippen molar-refractivity contribution in [1.29, 1.82) is 0 Å². The van der Waals surface area contributed by atoms with Crippen LogP contribution in [0.15, 0.2) is 35.5 Å². The predicted molar refractivity (Wildman–Crippen MR) is 140 cm³/mol. The van der Waals surface area contributed by atoms with Gasteiger partial charge in [0.15, 0.2) is 8.32 Å². The Balaban J connectivity index is 1.81. The van der Waals surface area contributed by atoms with Crippen molar-refractivity contribution in [3.63, 3.8) is 0 Å². The molecule has 0 saturated heterocycles. The summed E-state index contributed by atoms with van der Waals surface area (Å²) >= 11 is 0. The molecule has 3 rings (SSSR count). The Kier molecular flexibility index (Phi) is 7.75. The molecule has 3 aliphatic carbocycles. The van der Waals surface area contributed by atoms with Crippen LogP contribution < -0.4 is 0 Å². The fourth-order valence-corrected chi connectivity index (χ4v) is 7.98. The number of rotatable bonds is 5. The van der Waals surface area contributed by atoms with Gasteiger partial charge in [0.05, 0.1) is 6.10 Å². The minimum atomic E-state index is -1.82. The van der Waals surface area contributed by atoms with E-state index in [9.17, 15) is 5.11 Å². The first kappa shape index (κ1) is 26.0. The smallest absolute Gasteiger partial charge is 0.192 e. The van der Waals surface area contributed by atoms with Crippen molar-refractivity contribution in [2.45, 2.75) is 111 Å². The van der Waals surface area contributed by atoms with Gasteiger partial charge in [-0.05, 0) is 103 Å². The summed E-state index contributed by atoms with van der Waals surface area (Å²) in [4.78, 5) is 0. The summed E-state index contributed by atoms with van der Waals surface area (Å²) in [7, 11) is -1.82. The van der Waals surface area contributed by atoms with Gasteiger partial charge in [-0.25, -0.2) is 0 Å². The van der Waals surface area contributed by atoms with E-state index in [0.29, 0.717) is 35.7 Å². The van der Waals surface area contributed by atoms with Crippen LogP contribution in [0, 0.1) is 29.1 Å². The lowest BCUT2D eigenvalue weighted by Gasteiger charge is -2.44. The average Bonchev–Trinajstić information content (AvgIpc) is 3.05. The van der Waals surface area contributed by atoms with Crippen molar-refractivity contribution in [3.05, 3.63) is 35.5 Å². The standard InChI is InChI=1S/C29H50O2Si/c1-20-17-24(22(3)27(18-20)31-32(8,9)28(4,5)6)13-12-23-11-10-16-29(7)25(21(2)19-30)14-15-26(23)29/h12-13,20-21,25-27,30H,3,10-11,14-19H2,1-2,4-9H3/b23-12+,24-13-/t20-,21-,25?,26+,27+,29-/m1/s1. The SMILES string of the molecule is C=C1/C(=C\C=C2/CCC[C@]3(C)C([C@H](C)CO)CC[C@@H]23)C[C@@H](C)C[C@@H]1O[Si](C)(C)C(C)(C)C. The second kappa shape index (κ2) is 9.54. The van der Waals surface area contributed by atoms with Crippen molar-refractivity contribution >= 4 is 8.32 Å². The molecule has 32 heavy (non-hydrogen) atoms. The van der Waals surface area contributed by atoms with E-state index in [0.717, 1.165) is 12.8 Å². The second-order valence-electron chi connectivity index (χ2n) is 13.1. The van der Waals surface area contributed by atoms with E-state index in [1.165, 1.54) is 43.3 Å². The van der Waals surface area contributed by atoms with Crippen molar-refractivity contribution in [2.75, 3.05) is 6.61 Å². The molecule has 0 bridgehead atoms. The van der Waals surface area contributed by atoms with E-state index < -0.39 is 8.32 Å². The monoisotopic (exact) mass is 458 g/mol. The second-order valence-corrected chi connectivity index (χ2v) is 17.9. The van der Waals surface area contributed by atoms with Gasteiger partial charge in [-0.1, -0.05) is 65.8 Å². The van der Waals surface area contributed by atoms with Crippen LogP contribution in [0.3, 0.4) is 0 Å². The average molecular weight is 459 g/mol. The van der Waals surface area contributed by atoms with E-state index >= 15 is 0 Å². The third-order valence-electron chi connectivity index (χ3n) is 9.74. The normalized spacial score (nSPS) is 37.7. The lowest BCUT2D eigenvalue weighted by Crippen LogP contribution is -2.45. The first-order chi connectivity index (χ1) is 14.8. The van der Waals surface area contributed by atoms with E-state index in [-0.39, 0.29) is 11.1 Å². The summed E-state index contributed by atoms with van der Waals surface area (Å²) < 4.78 is 6.84. The highest BCUT2D eigenvalue weighted by atomic mass is 28.4. The maximum atomic E-state index is 9.81. The Morgan fingerprint density at radius 2 is 1.94 bits per heavy atom. The van der Waals surface area contributed by atoms with Crippen molar-refractivity contribution in [3.8, 4) is 0 Å². The number of hydrogen-bond donors (Lipinski definition) is 1. The number of aliphatic hydroxyl groups is 1. The molecule has 0 spiro atoms. The maximum absolute atomic E-state index is 9.81. The number of aliphatic hydroxyl groups excluding tert-OH is 1. The van der Waals surface area contributed by atoms with E-state index in [1.54, 1.807) is 5.57 Å². The highest BCUT2D eigenvalue weighted by Crippen LogP contribution is 2.59. The van der Waals surface area contributed by atoms with Gasteiger partial charge in [-0.3, -0.25) is 0 Å². The lowest BCUT2D eigenvalue weighted by atomic mass is 9.61. The maximum Gasteiger partial charge on any atom is 0.192 e. The van der Waals surface area contributed by atoms with Crippen molar-refractivity contribution in [2.24, 2.45) is 29.1 Å². The fourth-order valence-electron chi connectivity index (χ4n) is 6.68. The summed E-state index contributed by atoms with van der Waals surface area (Å²) in [5.41, 5.74) is 4.63. The molecule has 0 aromatic carbocycles. The zero-order valence-electron chi connectivity index (χ0n) is 22.3. The van der Waals surface area contributed by atoms with Gasteiger partial charge in [0.2, 0.25) is 0 Å². The molecule has 3 fully saturated rings. The molecule has 6 atom stereocenters. The Labute approximate surface area is 199 Å². The van der Waals surface area contributed by atoms with E-state index in [4.69, 9.17) is 4.43 Å². The van der Waals surface area contributed by atoms with Crippen molar-refractivity contribution < 1.29 is 9.53 Å². The van der Waals surface area contributed by atoms with Crippen LogP contribution in [0.5, 0.6) is 0 Å². The molecule has 3 aliphatic rings. The third kappa shape index (κ3) is 5.05. The quantitative estimate of drug-likeness (QED) is 0.422. The minimum Gasteiger partial charge on any atom is -0.410 e. The summed E-state index contributed by atoms with van der Waals surface area (Å²) in [6.07, 6.45) is 13.6. The molecule has 0 aromatic rings. The third-order valence-corrected chi connectivity index (χ3v) is 14.2. The molecular weight excluding hydrogens is 408 g/mol. The molecule has 1 unspecified atom stereocenters. The van der Waals surface area contributed by atoms with Crippen LogP contribution in [0.4, 0.5) is 0 Å². The first-order valence-corrected chi connectivity index (χ1v) is 16.1. The molecule has 0 aliphatic heterocycles. The largest absolute Gasteiger partial charge is 0.410 e. The highest BCUT2D eigenvalue weighted by Gasteiger charge is 2.50. The van der Waals surface area contributed by atoms with Crippen LogP contribution in [0.1, 0.15) is 86.5 Å². The van der Waals surface area contributed by atoms with E-state index in [2.05, 4.69) is 73.4 Å². The number of hydrogen-bond acceptors (Lipinski definition) is 2. The Morgan fingerprint density at radius 3 is 2.56 bits per heavy atom. The summed E-state index contributed by atoms with van der Waals surface area (Å²) in [6, 6.07) is 0. The van der Waals surface area contributed by atoms with Crippen LogP contribution in [-0.2, 0) is 4.43 Å². The molecule has 3 saturated carbocycles. The molecule has 2 nitrogen and oxygen atoms in total. The Morgan fingerprint density at radius 1 is 1.25 bits per heavy atom. The summed E-state index contributed by atoms with van der Waals surface area (Å²) in [5.74, 6) is 2.38. The van der Waals surface area contributed by atoms with Crippen LogP contribution in [-0.4, -0.2) is 26.1 Å². The van der Waals surface area contributed by atoms with Crippen molar-refractivity contribution in [1.82, 2.24) is 0 Å². The van der Waals surface area contributed by atoms with Gasteiger partial charge in [0.1, 0.15) is 0 Å². The molecule has 1 N–H and O–H groups in total. The summed E-state index contributed by atoms with van der Waals surface area (Å²) in [6.45, 7) is 23.7. The number of fused-ring (bicyclic) bond motifs is 1. The Bertz CT molecular complexity index is 756. The van der Waals surface area contributed by atoms with Gasteiger partial charge in [-0.2, -0.15) is 0 Å². The molecule has 0 heterocycles. The highest BCUT2D eigenvalue weighted by molar-refractivity contribution is 6.74. The fraction of sp³-hybridized carbons (Fsp3) is 0.793. The molecule has 182 valence electrons. The molecule has 3 heteroatoms. The first-order valence-electron chi connectivity index (χ1n) is 13.2. The summed E-state index contributed by atoms with van der Waals surface area (Å²) in [5, 5.41) is 10.0. The Hall–Kier alpha value is -0.643. The number of allylic oxidation sites excluding steroid dienone is 3. The molecule has 0 radical (unpaired) electrons. The van der Waals surface area contributed by atoms with Gasteiger partial charge in [-0.15, -0.1) is 0 Å². The van der Waals surface area contributed by atoms with Gasteiger partial charge >= 0.3 is 0 Å². The van der Waals surface area contributed by atoms with E-state index in [1.807, 2.05) is 0 Å². The zero-order chi connectivity index (χ0) is 23.9. The van der Waals surface area contributed by atoms with Crippen LogP contribution >= 0.6 is 0 Å². The molecule has 0 amide bonds. The topological polar surface area (TPSA) is 29.5 Å². The van der Waals surface area contributed by atoms with Gasteiger partial charge < -0.3 is 9.53 Å². The predicted octanol–water partition coefficient (Wildman–Crippen LogP) is 8.06. The lowest BCUT2D eigenvalue weighted by molar-refractivity contribution is 0.0690. The van der Waals surface area contributed by atoms with Gasteiger partial charge in [0, 0.05) is 6.61 Å². The minimum absolute atomic E-state index is 0.169. The van der Waals surface area contributed by atoms with Crippen LogP contribution in [0.25, 0.3) is 0 Å².